The molecule has 5 nitrogen and oxygen atoms in total. The molecule has 128 valence electrons. The van der Waals surface area contributed by atoms with Crippen molar-refractivity contribution in [2.75, 3.05) is 32.2 Å². The highest BCUT2D eigenvalue weighted by Gasteiger charge is 2.15. The Hall–Kier alpha value is -2.79. The van der Waals surface area contributed by atoms with Crippen LogP contribution in [0.15, 0.2) is 47.4 Å². The maximum Gasteiger partial charge on any atom is 0.255 e. The van der Waals surface area contributed by atoms with Crippen LogP contribution in [0.5, 0.6) is 5.75 Å². The van der Waals surface area contributed by atoms with Crippen molar-refractivity contribution >= 4 is 16.5 Å². The molecule has 0 saturated heterocycles. The molecule has 3 aromatic rings. The molecule has 0 atom stereocenters. The summed E-state index contributed by atoms with van der Waals surface area (Å²) >= 11 is 0. The smallest absolute Gasteiger partial charge is 0.255 e. The first kappa shape index (κ1) is 15.7. The molecule has 0 spiro atoms. The van der Waals surface area contributed by atoms with Gasteiger partial charge in [0.25, 0.3) is 5.56 Å². The normalized spacial score (nSPS) is 14.2. The third kappa shape index (κ3) is 2.76. The molecule has 0 amide bonds. The zero-order chi connectivity index (χ0) is 17.4. The minimum atomic E-state index is -0.115. The summed E-state index contributed by atoms with van der Waals surface area (Å²) in [5, 5.41) is 1.53. The lowest BCUT2D eigenvalue weighted by molar-refractivity contribution is 0.133. The highest BCUT2D eigenvalue weighted by Crippen LogP contribution is 2.32. The van der Waals surface area contributed by atoms with Gasteiger partial charge in [-0.3, -0.25) is 4.79 Å². The lowest BCUT2D eigenvalue weighted by Gasteiger charge is -2.19. The van der Waals surface area contributed by atoms with E-state index in [2.05, 4.69) is 35.1 Å². The molecule has 5 heteroatoms. The Kier molecular flexibility index (Phi) is 3.93. The number of rotatable bonds is 2. The van der Waals surface area contributed by atoms with Crippen molar-refractivity contribution in [1.82, 2.24) is 4.98 Å². The van der Waals surface area contributed by atoms with Gasteiger partial charge in [0.2, 0.25) is 0 Å². The van der Waals surface area contributed by atoms with Gasteiger partial charge in [0.05, 0.1) is 25.7 Å². The van der Waals surface area contributed by atoms with E-state index in [0.717, 1.165) is 35.2 Å². The number of benzene rings is 2. The molecule has 0 radical (unpaired) electrons. The van der Waals surface area contributed by atoms with E-state index in [1.807, 2.05) is 12.1 Å². The average molecular weight is 336 g/mol. The van der Waals surface area contributed by atoms with Crippen LogP contribution in [0.25, 0.3) is 21.9 Å². The Bertz CT molecular complexity index is 994. The van der Waals surface area contributed by atoms with Gasteiger partial charge in [0.15, 0.2) is 0 Å². The summed E-state index contributed by atoms with van der Waals surface area (Å²) in [6.07, 6.45) is 1.78. The van der Waals surface area contributed by atoms with Crippen LogP contribution in [-0.4, -0.2) is 32.3 Å². The van der Waals surface area contributed by atoms with E-state index < -0.39 is 0 Å². The summed E-state index contributed by atoms with van der Waals surface area (Å²) in [6, 6.07) is 12.0. The van der Waals surface area contributed by atoms with Gasteiger partial charge < -0.3 is 19.4 Å². The van der Waals surface area contributed by atoms with Gasteiger partial charge in [-0.05, 0) is 41.3 Å². The second kappa shape index (κ2) is 6.26. The van der Waals surface area contributed by atoms with Gasteiger partial charge in [-0.25, -0.2) is 0 Å². The molecule has 1 aliphatic rings. The second-order valence-corrected chi connectivity index (χ2v) is 6.26. The number of hydrogen-bond donors (Lipinski definition) is 1. The maximum atomic E-state index is 12.2. The second-order valence-electron chi connectivity index (χ2n) is 6.26. The van der Waals surface area contributed by atoms with E-state index in [-0.39, 0.29) is 5.56 Å². The van der Waals surface area contributed by atoms with Gasteiger partial charge >= 0.3 is 0 Å². The van der Waals surface area contributed by atoms with E-state index in [0.29, 0.717) is 17.7 Å². The van der Waals surface area contributed by atoms with Crippen LogP contribution < -0.4 is 15.2 Å². The molecule has 0 bridgehead atoms. The zero-order valence-corrected chi connectivity index (χ0v) is 14.3. The molecule has 1 N–H and O–H groups in total. The Balaban J connectivity index is 1.89. The topological polar surface area (TPSA) is 54.6 Å². The van der Waals surface area contributed by atoms with E-state index in [1.54, 1.807) is 19.4 Å². The molecule has 1 aromatic heterocycles. The largest absolute Gasteiger partial charge is 0.497 e. The van der Waals surface area contributed by atoms with Crippen LogP contribution in [0.4, 0.5) is 5.69 Å². The summed E-state index contributed by atoms with van der Waals surface area (Å²) in [5.74, 6) is 0.673. The number of pyridine rings is 1. The van der Waals surface area contributed by atoms with E-state index in [9.17, 15) is 4.79 Å². The zero-order valence-electron chi connectivity index (χ0n) is 14.3. The number of nitrogens with zero attached hydrogens (tertiary/aromatic N) is 1. The van der Waals surface area contributed by atoms with Gasteiger partial charge in [-0.15, -0.1) is 0 Å². The third-order valence-corrected chi connectivity index (χ3v) is 4.74. The van der Waals surface area contributed by atoms with Crippen LogP contribution in [0.2, 0.25) is 0 Å². The van der Waals surface area contributed by atoms with Crippen molar-refractivity contribution in [3.05, 3.63) is 58.5 Å². The molecule has 1 aliphatic heterocycles. The Labute approximate surface area is 145 Å². The van der Waals surface area contributed by atoms with Crippen LogP contribution in [0, 0.1) is 0 Å². The lowest BCUT2D eigenvalue weighted by Crippen LogP contribution is -2.20. The number of likely N-dealkylation sites (N-methyl/N-ethyl adjacent to an activating group) is 1. The minimum Gasteiger partial charge on any atom is -0.497 e. The molecule has 25 heavy (non-hydrogen) atoms. The van der Waals surface area contributed by atoms with Crippen LogP contribution >= 0.6 is 0 Å². The standard InChI is InChI=1S/C20H20N2O3/c1-22-7-8-25-12-14-9-13(3-6-19(14)22)18-11-21-20(23)17-10-15(24-2)4-5-16(17)18/h3-6,9-11H,7-8,12H2,1-2H3,(H,21,23). The molecule has 4 rings (SSSR count). The molecule has 2 aromatic carbocycles. The van der Waals surface area contributed by atoms with Crippen molar-refractivity contribution in [3.63, 3.8) is 0 Å². The first-order chi connectivity index (χ1) is 12.2. The van der Waals surface area contributed by atoms with Crippen molar-refractivity contribution in [2.45, 2.75) is 6.61 Å². The first-order valence-corrected chi connectivity index (χ1v) is 8.29. The van der Waals surface area contributed by atoms with Gasteiger partial charge in [-0.1, -0.05) is 6.07 Å². The van der Waals surface area contributed by atoms with Gasteiger partial charge in [0.1, 0.15) is 5.75 Å². The third-order valence-electron chi connectivity index (χ3n) is 4.74. The fourth-order valence-electron chi connectivity index (χ4n) is 3.35. The summed E-state index contributed by atoms with van der Waals surface area (Å²) in [4.78, 5) is 17.3. The number of hydrogen-bond acceptors (Lipinski definition) is 4. The number of ether oxygens (including phenoxy) is 2. The van der Waals surface area contributed by atoms with Crippen LogP contribution in [-0.2, 0) is 11.3 Å². The number of H-pyrrole nitrogens is 1. The number of nitrogens with one attached hydrogen (secondary N) is 1. The molecular weight excluding hydrogens is 316 g/mol. The molecule has 2 heterocycles. The quantitative estimate of drug-likeness (QED) is 0.781. The van der Waals surface area contributed by atoms with Gasteiger partial charge in [0, 0.05) is 36.6 Å². The van der Waals surface area contributed by atoms with E-state index in [1.165, 1.54) is 5.69 Å². The molecule has 0 unspecified atom stereocenters. The minimum absolute atomic E-state index is 0.115. The predicted octanol–water partition coefficient (Wildman–Crippen LogP) is 3.17. The van der Waals surface area contributed by atoms with Crippen molar-refractivity contribution < 1.29 is 9.47 Å². The van der Waals surface area contributed by atoms with Crippen LogP contribution in [0.3, 0.4) is 0 Å². The van der Waals surface area contributed by atoms with E-state index in [4.69, 9.17) is 9.47 Å². The maximum absolute atomic E-state index is 12.2. The SMILES string of the molecule is COc1ccc2c(-c3ccc4c(c3)COCCN4C)c[nH]c(=O)c2c1. The van der Waals surface area contributed by atoms with Crippen molar-refractivity contribution in [1.29, 1.82) is 0 Å². The summed E-state index contributed by atoms with van der Waals surface area (Å²) in [6.45, 7) is 2.21. The Morgan fingerprint density at radius 1 is 1.16 bits per heavy atom. The van der Waals surface area contributed by atoms with Gasteiger partial charge in [-0.2, -0.15) is 0 Å². The number of aromatic nitrogens is 1. The molecule has 0 fully saturated rings. The van der Waals surface area contributed by atoms with Crippen molar-refractivity contribution in [3.8, 4) is 16.9 Å². The fraction of sp³-hybridized carbons (Fsp3) is 0.250. The molecule has 0 saturated carbocycles. The highest BCUT2D eigenvalue weighted by molar-refractivity contribution is 5.96. The number of aromatic amines is 1. The Morgan fingerprint density at radius 2 is 2.04 bits per heavy atom. The monoisotopic (exact) mass is 336 g/mol. The fourth-order valence-corrected chi connectivity index (χ4v) is 3.35. The highest BCUT2D eigenvalue weighted by atomic mass is 16.5. The van der Waals surface area contributed by atoms with E-state index >= 15 is 0 Å². The molecular formula is C20H20N2O3. The lowest BCUT2D eigenvalue weighted by atomic mass is 9.98. The summed E-state index contributed by atoms with van der Waals surface area (Å²) in [7, 11) is 3.68. The first-order valence-electron chi connectivity index (χ1n) is 8.29. The number of fused-ring (bicyclic) bond motifs is 2. The number of methoxy groups -OCH3 is 1. The number of anilines is 1. The summed E-state index contributed by atoms with van der Waals surface area (Å²) in [5.41, 5.74) is 4.29. The Morgan fingerprint density at radius 3 is 2.88 bits per heavy atom. The summed E-state index contributed by atoms with van der Waals surface area (Å²) < 4.78 is 11.0. The van der Waals surface area contributed by atoms with Crippen LogP contribution in [0.1, 0.15) is 5.56 Å². The molecule has 0 aliphatic carbocycles. The van der Waals surface area contributed by atoms with Crippen molar-refractivity contribution in [2.24, 2.45) is 0 Å². The predicted molar refractivity (Wildman–Crippen MR) is 99.5 cm³/mol. The average Bonchev–Trinajstić information content (AvgIpc) is 2.83.